The minimum Gasteiger partial charge on any atom is -0.458 e. The fourth-order valence-corrected chi connectivity index (χ4v) is 3.54. The summed E-state index contributed by atoms with van der Waals surface area (Å²) in [5.41, 5.74) is 0.682. The van der Waals surface area contributed by atoms with E-state index >= 15 is 0 Å². The summed E-state index contributed by atoms with van der Waals surface area (Å²) in [5.74, 6) is -0.737. The van der Waals surface area contributed by atoms with Crippen LogP contribution in [-0.4, -0.2) is 88.1 Å². The molecule has 136 valence electrons. The Morgan fingerprint density at radius 1 is 1.17 bits per heavy atom. The van der Waals surface area contributed by atoms with Crippen molar-refractivity contribution in [3.05, 3.63) is 11.6 Å². The van der Waals surface area contributed by atoms with E-state index in [1.54, 1.807) is 6.08 Å². The zero-order chi connectivity index (χ0) is 17.4. The van der Waals surface area contributed by atoms with Gasteiger partial charge in [0.05, 0.1) is 26.2 Å². The molecular weight excluding hydrogens is 324 g/mol. The molecule has 24 heavy (non-hydrogen) atoms. The Hall–Kier alpha value is -1.07. The van der Waals surface area contributed by atoms with Crippen LogP contribution in [0.2, 0.25) is 0 Å². The lowest BCUT2D eigenvalue weighted by Gasteiger charge is -2.40. The Kier molecular flexibility index (Phi) is 5.21. The first-order valence-electron chi connectivity index (χ1n) is 7.89. The lowest BCUT2D eigenvalue weighted by Crippen LogP contribution is -2.59. The molecule has 5 N–H and O–H groups in total. The van der Waals surface area contributed by atoms with Gasteiger partial charge in [-0.25, -0.2) is 0 Å². The van der Waals surface area contributed by atoms with E-state index in [1.807, 2.05) is 0 Å². The van der Waals surface area contributed by atoms with Crippen molar-refractivity contribution >= 4 is 5.97 Å². The number of esters is 1. The molecule has 2 fully saturated rings. The van der Waals surface area contributed by atoms with Crippen LogP contribution >= 0.6 is 0 Å². The van der Waals surface area contributed by atoms with Gasteiger partial charge in [0, 0.05) is 11.8 Å². The normalized spacial score (nSPS) is 45.0. The number of carbonyl (C=O) groups is 1. The van der Waals surface area contributed by atoms with Crippen LogP contribution in [0.1, 0.15) is 6.42 Å². The maximum atomic E-state index is 11.4. The summed E-state index contributed by atoms with van der Waals surface area (Å²) >= 11 is 0. The molecule has 0 aromatic rings. The van der Waals surface area contributed by atoms with E-state index in [0.717, 1.165) is 0 Å². The van der Waals surface area contributed by atoms with Gasteiger partial charge in [-0.2, -0.15) is 0 Å². The molecule has 0 bridgehead atoms. The topological polar surface area (TPSA) is 146 Å². The first-order chi connectivity index (χ1) is 11.5. The van der Waals surface area contributed by atoms with Gasteiger partial charge >= 0.3 is 5.97 Å². The summed E-state index contributed by atoms with van der Waals surface area (Å²) in [6, 6.07) is 0. The van der Waals surface area contributed by atoms with Crippen molar-refractivity contribution in [1.82, 2.24) is 0 Å². The molecule has 2 saturated heterocycles. The van der Waals surface area contributed by atoms with Gasteiger partial charge in [0.15, 0.2) is 6.29 Å². The van der Waals surface area contributed by atoms with Crippen molar-refractivity contribution < 1.29 is 44.5 Å². The Labute approximate surface area is 138 Å². The highest BCUT2D eigenvalue weighted by Gasteiger charge is 2.47. The second-order valence-electron chi connectivity index (χ2n) is 6.36. The maximum Gasteiger partial charge on any atom is 0.306 e. The molecule has 1 aliphatic carbocycles. The number of carbonyl (C=O) groups excluding carboxylic acids is 1. The number of ether oxygens (including phenoxy) is 3. The molecule has 8 atom stereocenters. The first kappa shape index (κ1) is 17.7. The molecule has 3 rings (SSSR count). The van der Waals surface area contributed by atoms with E-state index in [4.69, 9.17) is 19.3 Å². The fourth-order valence-electron chi connectivity index (χ4n) is 3.54. The highest BCUT2D eigenvalue weighted by Crippen LogP contribution is 2.41. The van der Waals surface area contributed by atoms with Gasteiger partial charge in [0.2, 0.25) is 0 Å². The molecule has 0 aromatic heterocycles. The molecule has 0 aromatic carbocycles. The second-order valence-corrected chi connectivity index (χ2v) is 6.36. The zero-order valence-corrected chi connectivity index (χ0v) is 12.9. The number of aliphatic hydroxyl groups is 5. The van der Waals surface area contributed by atoms with Gasteiger partial charge in [-0.05, 0) is 11.6 Å². The van der Waals surface area contributed by atoms with Crippen molar-refractivity contribution in [2.45, 2.75) is 43.2 Å². The van der Waals surface area contributed by atoms with E-state index < -0.39 is 37.3 Å². The monoisotopic (exact) mass is 346 g/mol. The van der Waals surface area contributed by atoms with Gasteiger partial charge in [-0.3, -0.25) is 4.79 Å². The fraction of sp³-hybridized carbons (Fsp3) is 0.800. The van der Waals surface area contributed by atoms with Crippen molar-refractivity contribution in [1.29, 1.82) is 0 Å². The van der Waals surface area contributed by atoms with Crippen LogP contribution < -0.4 is 0 Å². The molecule has 2 aliphatic heterocycles. The van der Waals surface area contributed by atoms with Gasteiger partial charge in [0.1, 0.15) is 30.5 Å². The van der Waals surface area contributed by atoms with Gasteiger partial charge in [0.25, 0.3) is 0 Å². The summed E-state index contributed by atoms with van der Waals surface area (Å²) in [5, 5.41) is 48.1. The number of hydrogen-bond donors (Lipinski definition) is 5. The molecular formula is C15H22O9. The SMILES string of the molecule is O=C1C[C@H]2[C@H](C=C(CO)[C@H]2CO[C@@H]2O[C@H](CO)[C@@H](O)[C@H](O)[C@H]2O)O1. The molecule has 0 spiro atoms. The Bertz CT molecular complexity index is 505. The van der Waals surface area contributed by atoms with E-state index in [9.17, 15) is 25.2 Å². The molecule has 9 heteroatoms. The predicted octanol–water partition coefficient (Wildman–Crippen LogP) is -2.72. The lowest BCUT2D eigenvalue weighted by atomic mass is 9.89. The van der Waals surface area contributed by atoms with E-state index in [-0.39, 0.29) is 43.5 Å². The third kappa shape index (κ3) is 3.08. The highest BCUT2D eigenvalue weighted by atomic mass is 16.7. The van der Waals surface area contributed by atoms with Crippen molar-refractivity contribution in [3.8, 4) is 0 Å². The summed E-state index contributed by atoms with van der Waals surface area (Å²) < 4.78 is 16.0. The molecule has 0 unspecified atom stereocenters. The van der Waals surface area contributed by atoms with E-state index in [1.165, 1.54) is 0 Å². The molecule has 0 saturated carbocycles. The van der Waals surface area contributed by atoms with Crippen molar-refractivity contribution in [3.63, 3.8) is 0 Å². The summed E-state index contributed by atoms with van der Waals surface area (Å²) in [4.78, 5) is 11.4. The molecule has 0 amide bonds. The Morgan fingerprint density at radius 2 is 1.92 bits per heavy atom. The predicted molar refractivity (Wildman–Crippen MR) is 76.4 cm³/mol. The molecule has 2 heterocycles. The molecule has 0 radical (unpaired) electrons. The Balaban J connectivity index is 1.64. The average molecular weight is 346 g/mol. The van der Waals surface area contributed by atoms with Gasteiger partial charge in [-0.1, -0.05) is 0 Å². The minimum absolute atomic E-state index is 0.0346. The molecule has 9 nitrogen and oxygen atoms in total. The summed E-state index contributed by atoms with van der Waals surface area (Å²) in [7, 11) is 0. The van der Waals surface area contributed by atoms with Crippen LogP contribution in [-0.2, 0) is 19.0 Å². The number of fused-ring (bicyclic) bond motifs is 1. The van der Waals surface area contributed by atoms with E-state index in [2.05, 4.69) is 0 Å². The van der Waals surface area contributed by atoms with Gasteiger partial charge < -0.3 is 39.7 Å². The first-order valence-corrected chi connectivity index (χ1v) is 7.89. The van der Waals surface area contributed by atoms with Crippen LogP contribution in [0.4, 0.5) is 0 Å². The van der Waals surface area contributed by atoms with Crippen LogP contribution in [0.25, 0.3) is 0 Å². The number of rotatable bonds is 5. The second kappa shape index (κ2) is 7.04. The smallest absolute Gasteiger partial charge is 0.306 e. The van der Waals surface area contributed by atoms with Crippen LogP contribution in [0, 0.1) is 11.8 Å². The summed E-state index contributed by atoms with van der Waals surface area (Å²) in [6.07, 6.45) is -5.20. The summed E-state index contributed by atoms with van der Waals surface area (Å²) in [6.45, 7) is -0.705. The van der Waals surface area contributed by atoms with Crippen molar-refractivity contribution in [2.75, 3.05) is 19.8 Å². The van der Waals surface area contributed by atoms with Crippen LogP contribution in [0.5, 0.6) is 0 Å². The van der Waals surface area contributed by atoms with E-state index in [0.29, 0.717) is 5.57 Å². The zero-order valence-electron chi connectivity index (χ0n) is 12.9. The highest BCUT2D eigenvalue weighted by molar-refractivity contribution is 5.73. The number of aliphatic hydroxyl groups excluding tert-OH is 5. The van der Waals surface area contributed by atoms with Gasteiger partial charge in [-0.15, -0.1) is 0 Å². The quantitative estimate of drug-likeness (QED) is 0.265. The largest absolute Gasteiger partial charge is 0.458 e. The molecule has 3 aliphatic rings. The van der Waals surface area contributed by atoms with Crippen molar-refractivity contribution in [2.24, 2.45) is 11.8 Å². The lowest BCUT2D eigenvalue weighted by molar-refractivity contribution is -0.303. The minimum atomic E-state index is -1.51. The van der Waals surface area contributed by atoms with Crippen LogP contribution in [0.3, 0.4) is 0 Å². The number of hydrogen-bond acceptors (Lipinski definition) is 9. The third-order valence-corrected chi connectivity index (χ3v) is 4.93. The maximum absolute atomic E-state index is 11.4. The average Bonchev–Trinajstić information content (AvgIpc) is 3.08. The van der Waals surface area contributed by atoms with Crippen LogP contribution in [0.15, 0.2) is 11.6 Å². The Morgan fingerprint density at radius 3 is 2.58 bits per heavy atom. The standard InChI is InChI=1S/C15H22O9/c16-3-6-1-9-7(2-11(18)23-9)8(6)5-22-15-14(21)13(20)12(19)10(4-17)24-15/h1,7-10,12-17,19-21H,2-5H2/t7-,8-,9+,10-,12-,13+,14-,15-/m1/s1. The third-order valence-electron chi connectivity index (χ3n) is 4.93.